The van der Waals surface area contributed by atoms with Crippen molar-refractivity contribution in [3.8, 4) is 0 Å². The third-order valence-electron chi connectivity index (χ3n) is 2.67. The number of carbonyl (C=O) groups is 1. The number of amides is 1. The molecule has 0 saturated heterocycles. The number of rotatable bonds is 6. The molecule has 5 nitrogen and oxygen atoms in total. The highest BCUT2D eigenvalue weighted by Crippen LogP contribution is 2.20. The number of carbonyl (C=O) groups excluding carboxylic acids is 1. The van der Waals surface area contributed by atoms with Crippen LogP contribution in [0, 0.1) is 6.92 Å². The molecule has 0 aliphatic rings. The van der Waals surface area contributed by atoms with E-state index < -0.39 is 18.6 Å². The number of nitrogens with two attached hydrogens (primary N) is 1. The van der Waals surface area contributed by atoms with Crippen molar-refractivity contribution in [2.45, 2.75) is 33.0 Å². The molecule has 8 heteroatoms. The lowest BCUT2D eigenvalue weighted by Crippen LogP contribution is -2.34. The Morgan fingerprint density at radius 3 is 2.65 bits per heavy atom. The summed E-state index contributed by atoms with van der Waals surface area (Å²) in [6.07, 6.45) is -3.68. The number of alkyl halides is 3. The van der Waals surface area contributed by atoms with Crippen molar-refractivity contribution in [3.05, 3.63) is 23.2 Å². The van der Waals surface area contributed by atoms with Gasteiger partial charge in [0.05, 0.1) is 18.7 Å². The highest BCUT2D eigenvalue weighted by molar-refractivity contribution is 5.94. The molecule has 0 unspecified atom stereocenters. The molecule has 1 aromatic heterocycles. The lowest BCUT2D eigenvalue weighted by atomic mass is 10.2. The fourth-order valence-corrected chi connectivity index (χ4v) is 1.93. The molecular formula is C12H18F3N3O2. The minimum absolute atomic E-state index is 0.00790. The lowest BCUT2D eigenvalue weighted by molar-refractivity contribution is -0.147. The first kappa shape index (κ1) is 16.5. The highest BCUT2D eigenvalue weighted by atomic mass is 19.4. The maximum Gasteiger partial charge on any atom is 0.401 e. The summed E-state index contributed by atoms with van der Waals surface area (Å²) in [6, 6.07) is 1.41. The van der Waals surface area contributed by atoms with E-state index in [-0.39, 0.29) is 18.7 Å². The molecule has 0 radical (unpaired) electrons. The fraction of sp³-hybridized carbons (Fsp3) is 0.583. The predicted octanol–water partition coefficient (Wildman–Crippen LogP) is 1.97. The molecule has 1 amide bonds. The second-order valence-corrected chi connectivity index (χ2v) is 4.48. The molecule has 0 aromatic carbocycles. The van der Waals surface area contributed by atoms with Crippen molar-refractivity contribution in [1.82, 2.24) is 10.3 Å². The van der Waals surface area contributed by atoms with Gasteiger partial charge >= 0.3 is 6.18 Å². The van der Waals surface area contributed by atoms with Crippen LogP contribution in [0.2, 0.25) is 0 Å². The summed E-state index contributed by atoms with van der Waals surface area (Å²) < 4.78 is 42.6. The van der Waals surface area contributed by atoms with Crippen LogP contribution < -0.4 is 11.3 Å². The van der Waals surface area contributed by atoms with Crippen LogP contribution in [-0.2, 0) is 6.54 Å². The maximum absolute atomic E-state index is 12.4. The summed E-state index contributed by atoms with van der Waals surface area (Å²) in [5, 5.41) is 0. The maximum atomic E-state index is 12.4. The van der Waals surface area contributed by atoms with Gasteiger partial charge in [0, 0.05) is 0 Å². The van der Waals surface area contributed by atoms with Gasteiger partial charge in [0.25, 0.3) is 5.91 Å². The minimum atomic E-state index is -4.27. The van der Waals surface area contributed by atoms with Crippen LogP contribution in [0.4, 0.5) is 13.2 Å². The van der Waals surface area contributed by atoms with Crippen molar-refractivity contribution < 1.29 is 22.4 Å². The second kappa shape index (κ2) is 6.76. The molecule has 0 bridgehead atoms. The van der Waals surface area contributed by atoms with Crippen LogP contribution in [0.5, 0.6) is 0 Å². The van der Waals surface area contributed by atoms with Gasteiger partial charge < -0.3 is 4.42 Å². The summed E-state index contributed by atoms with van der Waals surface area (Å²) in [5.74, 6) is 5.11. The van der Waals surface area contributed by atoms with E-state index in [2.05, 4.69) is 0 Å². The second-order valence-electron chi connectivity index (χ2n) is 4.48. The Labute approximate surface area is 114 Å². The van der Waals surface area contributed by atoms with E-state index in [9.17, 15) is 18.0 Å². The fourth-order valence-electron chi connectivity index (χ4n) is 1.93. The van der Waals surface area contributed by atoms with E-state index >= 15 is 0 Å². The summed E-state index contributed by atoms with van der Waals surface area (Å²) in [5.41, 5.74) is 2.19. The lowest BCUT2D eigenvalue weighted by Gasteiger charge is -2.21. The zero-order chi connectivity index (χ0) is 15.3. The van der Waals surface area contributed by atoms with Crippen LogP contribution in [-0.4, -0.2) is 30.1 Å². The van der Waals surface area contributed by atoms with Gasteiger partial charge in [0.15, 0.2) is 0 Å². The Hall–Kier alpha value is -1.54. The molecule has 0 atom stereocenters. The van der Waals surface area contributed by atoms with Gasteiger partial charge in [-0.1, -0.05) is 6.92 Å². The van der Waals surface area contributed by atoms with Gasteiger partial charge in [-0.25, -0.2) is 5.84 Å². The van der Waals surface area contributed by atoms with Crippen LogP contribution >= 0.6 is 0 Å². The van der Waals surface area contributed by atoms with Crippen molar-refractivity contribution in [2.24, 2.45) is 5.84 Å². The minimum Gasteiger partial charge on any atom is -0.464 e. The SMILES string of the molecule is CCCN(Cc1cc(C(=O)NN)c(C)o1)CC(F)(F)F. The molecule has 0 aliphatic carbocycles. The number of nitrogen functional groups attached to an aromatic ring is 1. The topological polar surface area (TPSA) is 71.5 Å². The van der Waals surface area contributed by atoms with E-state index in [1.807, 2.05) is 5.43 Å². The summed E-state index contributed by atoms with van der Waals surface area (Å²) in [6.45, 7) is 2.62. The Balaban J connectivity index is 2.81. The molecule has 0 fully saturated rings. The number of nitrogens with one attached hydrogen (secondary N) is 1. The van der Waals surface area contributed by atoms with Crippen LogP contribution in [0.1, 0.15) is 35.2 Å². The van der Waals surface area contributed by atoms with E-state index in [0.29, 0.717) is 17.9 Å². The van der Waals surface area contributed by atoms with E-state index in [4.69, 9.17) is 10.3 Å². The molecule has 1 aromatic rings. The largest absolute Gasteiger partial charge is 0.464 e. The smallest absolute Gasteiger partial charge is 0.401 e. The van der Waals surface area contributed by atoms with Gasteiger partial charge in [-0.2, -0.15) is 13.2 Å². The van der Waals surface area contributed by atoms with Gasteiger partial charge in [-0.05, 0) is 26.0 Å². The van der Waals surface area contributed by atoms with Crippen LogP contribution in [0.15, 0.2) is 10.5 Å². The number of aryl methyl sites for hydroxylation is 1. The van der Waals surface area contributed by atoms with Gasteiger partial charge in [0.2, 0.25) is 0 Å². The number of hydrogen-bond acceptors (Lipinski definition) is 4. The zero-order valence-corrected chi connectivity index (χ0v) is 11.4. The number of furan rings is 1. The van der Waals surface area contributed by atoms with E-state index in [1.54, 1.807) is 13.8 Å². The van der Waals surface area contributed by atoms with Gasteiger partial charge in [-0.15, -0.1) is 0 Å². The number of hydrazine groups is 1. The molecule has 1 heterocycles. The van der Waals surface area contributed by atoms with E-state index in [0.717, 1.165) is 0 Å². The normalized spacial score (nSPS) is 11.9. The van der Waals surface area contributed by atoms with Crippen LogP contribution in [0.25, 0.3) is 0 Å². The van der Waals surface area contributed by atoms with Crippen molar-refractivity contribution in [1.29, 1.82) is 0 Å². The molecule has 3 N–H and O–H groups in total. The molecule has 0 aliphatic heterocycles. The Bertz CT molecular complexity index is 457. The number of hydrogen-bond donors (Lipinski definition) is 2. The number of halogens is 3. The molecule has 114 valence electrons. The molecule has 0 saturated carbocycles. The molecule has 1 rings (SSSR count). The first-order valence-corrected chi connectivity index (χ1v) is 6.16. The van der Waals surface area contributed by atoms with Crippen LogP contribution in [0.3, 0.4) is 0 Å². The average molecular weight is 293 g/mol. The Morgan fingerprint density at radius 1 is 1.50 bits per heavy atom. The zero-order valence-electron chi connectivity index (χ0n) is 11.4. The average Bonchev–Trinajstić information content (AvgIpc) is 2.67. The molecule has 20 heavy (non-hydrogen) atoms. The Morgan fingerprint density at radius 2 is 2.15 bits per heavy atom. The monoisotopic (exact) mass is 293 g/mol. The first-order chi connectivity index (χ1) is 9.26. The van der Waals surface area contributed by atoms with Gasteiger partial charge in [-0.3, -0.25) is 15.1 Å². The summed E-state index contributed by atoms with van der Waals surface area (Å²) >= 11 is 0. The third kappa shape index (κ3) is 4.86. The molecular weight excluding hydrogens is 275 g/mol. The quantitative estimate of drug-likeness (QED) is 0.478. The molecule has 0 spiro atoms. The Kier molecular flexibility index (Phi) is 5.58. The van der Waals surface area contributed by atoms with Crippen molar-refractivity contribution in [2.75, 3.05) is 13.1 Å². The van der Waals surface area contributed by atoms with Crippen molar-refractivity contribution >= 4 is 5.91 Å². The standard InChI is InChI=1S/C12H18F3N3O2/c1-3-4-18(7-12(13,14)15)6-9-5-10(8(2)20-9)11(19)17-16/h5H,3-4,6-7,16H2,1-2H3,(H,17,19). The predicted molar refractivity (Wildman–Crippen MR) is 66.7 cm³/mol. The third-order valence-corrected chi connectivity index (χ3v) is 2.67. The highest BCUT2D eigenvalue weighted by Gasteiger charge is 2.31. The first-order valence-electron chi connectivity index (χ1n) is 6.16. The summed E-state index contributed by atoms with van der Waals surface area (Å²) in [4.78, 5) is 12.6. The van der Waals surface area contributed by atoms with Gasteiger partial charge in [0.1, 0.15) is 11.5 Å². The summed E-state index contributed by atoms with van der Waals surface area (Å²) in [7, 11) is 0. The number of nitrogens with zero attached hydrogens (tertiary/aromatic N) is 1. The van der Waals surface area contributed by atoms with Crippen molar-refractivity contribution in [3.63, 3.8) is 0 Å². The van der Waals surface area contributed by atoms with E-state index in [1.165, 1.54) is 11.0 Å².